The molecule has 0 bridgehead atoms. The van der Waals surface area contributed by atoms with Crippen LogP contribution in [0.15, 0.2) is 71.1 Å². The van der Waals surface area contributed by atoms with Gasteiger partial charge < -0.3 is 19.2 Å². The number of methoxy groups -OCH3 is 3. The first-order valence-electron chi connectivity index (χ1n) is 9.15. The summed E-state index contributed by atoms with van der Waals surface area (Å²) in [6, 6.07) is 15.2. The highest BCUT2D eigenvalue weighted by molar-refractivity contribution is 6.19. The number of aromatic amines is 1. The third-order valence-corrected chi connectivity index (χ3v) is 4.79. The number of H-pyrrole nitrogens is 1. The lowest BCUT2D eigenvalue weighted by molar-refractivity contribution is 0.305. The van der Waals surface area contributed by atoms with Gasteiger partial charge in [-0.2, -0.15) is 0 Å². The molecule has 0 saturated carbocycles. The second-order valence-electron chi connectivity index (χ2n) is 6.42. The molecule has 150 valence electrons. The first kappa shape index (κ1) is 19.2. The van der Waals surface area contributed by atoms with Crippen molar-refractivity contribution in [2.75, 3.05) is 21.3 Å². The number of benzene rings is 2. The maximum Gasteiger partial charge on any atom is 0.158 e. The third kappa shape index (κ3) is 3.38. The van der Waals surface area contributed by atoms with Gasteiger partial charge in [-0.15, -0.1) is 0 Å². The molecule has 2 aromatic carbocycles. The first-order valence-corrected chi connectivity index (χ1v) is 9.15. The van der Waals surface area contributed by atoms with E-state index in [-0.39, 0.29) is 5.57 Å². The Kier molecular flexibility index (Phi) is 5.20. The summed E-state index contributed by atoms with van der Waals surface area (Å²) in [7, 11) is 4.73. The van der Waals surface area contributed by atoms with Crippen LogP contribution in [-0.4, -0.2) is 43.0 Å². The van der Waals surface area contributed by atoms with Crippen LogP contribution in [0.5, 0.6) is 11.5 Å². The molecule has 0 aliphatic carbocycles. The van der Waals surface area contributed by atoms with Gasteiger partial charge in [-0.1, -0.05) is 0 Å². The highest BCUT2D eigenvalue weighted by Crippen LogP contribution is 2.33. The van der Waals surface area contributed by atoms with Crippen molar-refractivity contribution >= 4 is 11.7 Å². The van der Waals surface area contributed by atoms with E-state index in [0.717, 1.165) is 34.0 Å². The van der Waals surface area contributed by atoms with Crippen molar-refractivity contribution in [1.82, 2.24) is 9.97 Å². The number of nitrogens with one attached hydrogen (secondary N) is 1. The van der Waals surface area contributed by atoms with Gasteiger partial charge in [-0.3, -0.25) is 0 Å². The molecule has 4 rings (SSSR count). The number of hydrogen-bond donors (Lipinski definition) is 1. The van der Waals surface area contributed by atoms with Crippen LogP contribution < -0.4 is 9.47 Å². The summed E-state index contributed by atoms with van der Waals surface area (Å²) in [5.74, 6) is 4.21. The van der Waals surface area contributed by atoms with Crippen LogP contribution in [0.2, 0.25) is 0 Å². The van der Waals surface area contributed by atoms with Crippen LogP contribution in [0.3, 0.4) is 0 Å². The van der Waals surface area contributed by atoms with Gasteiger partial charge in [0.05, 0.1) is 38.9 Å². The molecular weight excluding hydrogens is 382 g/mol. The maximum atomic E-state index is 11.5. The normalized spacial score (nSPS) is 12.8. The number of nitrogens with zero attached hydrogens (tertiary/aromatic N) is 2. The van der Waals surface area contributed by atoms with Gasteiger partial charge in [0.2, 0.25) is 0 Å². The molecule has 0 fully saturated rings. The topological polar surface area (TPSA) is 85.8 Å². The van der Waals surface area contributed by atoms with Gasteiger partial charge >= 0.3 is 0 Å². The number of ether oxygens (including phenoxy) is 3. The minimum absolute atomic E-state index is 0.230. The highest BCUT2D eigenvalue weighted by atomic mass is 16.5. The van der Waals surface area contributed by atoms with Crippen LogP contribution in [0.4, 0.5) is 0 Å². The monoisotopic (exact) mass is 401 g/mol. The second-order valence-corrected chi connectivity index (χ2v) is 6.42. The maximum absolute atomic E-state index is 11.5. The van der Waals surface area contributed by atoms with E-state index in [4.69, 9.17) is 19.2 Å². The number of imidazole rings is 1. The van der Waals surface area contributed by atoms with E-state index in [1.165, 1.54) is 13.3 Å². The molecule has 2 heterocycles. The van der Waals surface area contributed by atoms with Crippen molar-refractivity contribution < 1.29 is 19.0 Å². The second kappa shape index (κ2) is 8.11. The number of rotatable bonds is 6. The molecule has 1 N–H and O–H groups in total. The van der Waals surface area contributed by atoms with Crippen molar-refractivity contribution in [1.29, 1.82) is 0 Å². The number of allylic oxidation sites excluding steroid dienone is 1. The van der Waals surface area contributed by atoms with E-state index in [1.807, 2.05) is 54.5 Å². The fourth-order valence-corrected chi connectivity index (χ4v) is 3.21. The van der Waals surface area contributed by atoms with Crippen LogP contribution in [0.25, 0.3) is 22.5 Å². The van der Waals surface area contributed by atoms with Crippen molar-refractivity contribution in [3.8, 4) is 34.0 Å². The summed E-state index contributed by atoms with van der Waals surface area (Å²) in [5.41, 5.74) is 3.92. The average Bonchev–Trinajstić information content (AvgIpc) is 3.43. The number of hydrogen-bond acceptors (Lipinski definition) is 6. The van der Waals surface area contributed by atoms with Gasteiger partial charge in [-0.25, -0.2) is 14.8 Å². The number of aliphatic imine (C=N–C) groups is 1. The van der Waals surface area contributed by atoms with E-state index < -0.39 is 0 Å². The van der Waals surface area contributed by atoms with E-state index in [0.29, 0.717) is 17.3 Å². The molecule has 7 heteroatoms. The van der Waals surface area contributed by atoms with Crippen LogP contribution in [0, 0.1) is 0 Å². The molecule has 0 saturated heterocycles. The van der Waals surface area contributed by atoms with Crippen LogP contribution in [-0.2, 0) is 9.53 Å². The predicted molar refractivity (Wildman–Crippen MR) is 113 cm³/mol. The van der Waals surface area contributed by atoms with Gasteiger partial charge in [0.25, 0.3) is 0 Å². The molecule has 0 radical (unpaired) electrons. The minimum Gasteiger partial charge on any atom is -0.497 e. The zero-order valence-electron chi connectivity index (χ0n) is 16.7. The minimum atomic E-state index is 0.230. The molecule has 1 aliphatic heterocycles. The zero-order chi connectivity index (χ0) is 21.1. The smallest absolute Gasteiger partial charge is 0.158 e. The van der Waals surface area contributed by atoms with Crippen molar-refractivity contribution in [3.05, 3.63) is 71.9 Å². The molecular formula is C23H19N3O4. The molecule has 7 nitrogen and oxygen atoms in total. The standard InChI is InChI=1S/C23H19N3O4/c1-28-16-8-4-14(5-9-16)20-21(15-6-10-17(29-2)11-7-15)26-23(25-20)22-18(13-27)19(30-3)12-24-22/h4-12H,1-3H3,(H,25,26). The van der Waals surface area contributed by atoms with Crippen molar-refractivity contribution in [3.63, 3.8) is 0 Å². The Morgan fingerprint density at radius 2 is 1.43 bits per heavy atom. The highest BCUT2D eigenvalue weighted by Gasteiger charge is 2.26. The largest absolute Gasteiger partial charge is 0.497 e. The fraction of sp³-hybridized carbons (Fsp3) is 0.130. The SMILES string of the molecule is COC1=CN=C(c2nc(-c3ccc(OC)cc3)c(-c3ccc(OC)cc3)[nH]2)C1=C=O. The quantitative estimate of drug-likeness (QED) is 0.635. The fourth-order valence-electron chi connectivity index (χ4n) is 3.21. The Hall–Kier alpha value is -4.09. The summed E-state index contributed by atoms with van der Waals surface area (Å²) in [6.45, 7) is 0. The van der Waals surface area contributed by atoms with E-state index in [2.05, 4.69) is 9.98 Å². The summed E-state index contributed by atoms with van der Waals surface area (Å²) < 4.78 is 15.7. The molecule has 30 heavy (non-hydrogen) atoms. The Balaban J connectivity index is 1.84. The van der Waals surface area contributed by atoms with Gasteiger partial charge in [0, 0.05) is 11.1 Å². The molecule has 1 aliphatic rings. The summed E-state index contributed by atoms with van der Waals surface area (Å²) in [4.78, 5) is 23.9. The van der Waals surface area contributed by atoms with Crippen molar-refractivity contribution in [2.24, 2.45) is 4.99 Å². The third-order valence-electron chi connectivity index (χ3n) is 4.79. The van der Waals surface area contributed by atoms with Gasteiger partial charge in [0.15, 0.2) is 11.6 Å². The summed E-state index contributed by atoms with van der Waals surface area (Å²) in [5, 5.41) is 0. The Morgan fingerprint density at radius 1 is 0.833 bits per heavy atom. The molecule has 0 spiro atoms. The lowest BCUT2D eigenvalue weighted by Gasteiger charge is -2.06. The molecule has 0 amide bonds. The Morgan fingerprint density at radius 3 is 1.97 bits per heavy atom. The van der Waals surface area contributed by atoms with E-state index in [9.17, 15) is 4.79 Å². The molecule has 1 aromatic heterocycles. The Labute approximate surface area is 173 Å². The molecule has 0 unspecified atom stereocenters. The summed E-state index contributed by atoms with van der Waals surface area (Å²) in [6.07, 6.45) is 1.48. The van der Waals surface area contributed by atoms with Gasteiger partial charge in [-0.05, 0) is 48.5 Å². The predicted octanol–water partition coefficient (Wildman–Crippen LogP) is 3.81. The number of carbonyl (C=O) groups excluding carboxylic acids is 1. The van der Waals surface area contributed by atoms with Gasteiger partial charge in [0.1, 0.15) is 28.7 Å². The lowest BCUT2D eigenvalue weighted by Crippen LogP contribution is -2.07. The number of aromatic nitrogens is 2. The van der Waals surface area contributed by atoms with Crippen LogP contribution in [0.1, 0.15) is 5.82 Å². The summed E-state index contributed by atoms with van der Waals surface area (Å²) >= 11 is 0. The average molecular weight is 401 g/mol. The molecule has 0 atom stereocenters. The van der Waals surface area contributed by atoms with Crippen LogP contribution >= 0.6 is 0 Å². The zero-order valence-corrected chi connectivity index (χ0v) is 16.7. The van der Waals surface area contributed by atoms with Crippen molar-refractivity contribution in [2.45, 2.75) is 0 Å². The first-order chi connectivity index (χ1) is 14.7. The van der Waals surface area contributed by atoms with E-state index in [1.54, 1.807) is 14.2 Å². The molecule has 3 aromatic rings. The Bertz CT molecular complexity index is 1120. The van der Waals surface area contributed by atoms with E-state index >= 15 is 0 Å². The lowest BCUT2D eigenvalue weighted by atomic mass is 10.0.